The Morgan fingerprint density at radius 3 is 2.42 bits per heavy atom. The molecule has 1 saturated heterocycles. The number of nitrogens with zero attached hydrogens (tertiary/aromatic N) is 1. The van der Waals surface area contributed by atoms with Gasteiger partial charge in [0, 0.05) is 13.7 Å². The molecule has 2 amide bonds. The van der Waals surface area contributed by atoms with Crippen LogP contribution in [0.25, 0.3) is 0 Å². The van der Waals surface area contributed by atoms with Crippen molar-refractivity contribution in [3.63, 3.8) is 0 Å². The summed E-state index contributed by atoms with van der Waals surface area (Å²) in [4.78, 5) is 26.1. The molecule has 5 nitrogen and oxygen atoms in total. The number of carbonyl (C=O) groups excluding carboxylic acids is 2. The Bertz CT molecular complexity index is 353. The Hall–Kier alpha value is -1.10. The van der Waals surface area contributed by atoms with E-state index in [1.54, 1.807) is 18.9 Å². The number of carbonyl (C=O) groups is 2. The van der Waals surface area contributed by atoms with E-state index in [0.29, 0.717) is 18.9 Å². The summed E-state index contributed by atoms with van der Waals surface area (Å²) in [6.07, 6.45) is 0.668. The molecule has 2 unspecified atom stereocenters. The molecule has 0 aromatic carbocycles. The van der Waals surface area contributed by atoms with Crippen LogP contribution in [0.4, 0.5) is 0 Å². The van der Waals surface area contributed by atoms with Crippen LogP contribution in [0, 0.1) is 5.92 Å². The highest BCUT2D eigenvalue weighted by Gasteiger charge is 2.40. The zero-order valence-electron chi connectivity index (χ0n) is 12.8. The molecule has 1 N–H and O–H groups in total. The van der Waals surface area contributed by atoms with E-state index < -0.39 is 17.7 Å². The Kier molecular flexibility index (Phi) is 4.96. The summed E-state index contributed by atoms with van der Waals surface area (Å²) in [5.41, 5.74) is -0.454. The normalized spacial score (nSPS) is 24.9. The van der Waals surface area contributed by atoms with Gasteiger partial charge >= 0.3 is 0 Å². The van der Waals surface area contributed by atoms with Gasteiger partial charge in [-0.15, -0.1) is 0 Å². The molecule has 0 aromatic heterocycles. The number of ether oxygens (including phenoxy) is 1. The topological polar surface area (TPSA) is 58.6 Å². The SMILES string of the molecule is COC(C)(C)CN1C(=O)C(CC(C)C)NC(=O)C1C. The van der Waals surface area contributed by atoms with Gasteiger partial charge in [-0.2, -0.15) is 0 Å². The molecule has 1 rings (SSSR count). The van der Waals surface area contributed by atoms with Crippen LogP contribution in [0.15, 0.2) is 0 Å². The lowest BCUT2D eigenvalue weighted by Crippen LogP contribution is -2.64. The molecule has 0 spiro atoms. The Balaban J connectivity index is 2.87. The van der Waals surface area contributed by atoms with Gasteiger partial charge in [-0.1, -0.05) is 13.8 Å². The van der Waals surface area contributed by atoms with Crippen molar-refractivity contribution < 1.29 is 14.3 Å². The fourth-order valence-electron chi connectivity index (χ4n) is 2.21. The Labute approximate surface area is 115 Å². The van der Waals surface area contributed by atoms with Crippen LogP contribution in [0.5, 0.6) is 0 Å². The van der Waals surface area contributed by atoms with Crippen molar-refractivity contribution in [2.24, 2.45) is 5.92 Å². The summed E-state index contributed by atoms with van der Waals surface area (Å²) < 4.78 is 5.36. The predicted molar refractivity (Wildman–Crippen MR) is 73.6 cm³/mol. The van der Waals surface area contributed by atoms with E-state index in [-0.39, 0.29) is 11.8 Å². The third-order valence-electron chi connectivity index (χ3n) is 3.56. The van der Waals surface area contributed by atoms with Gasteiger partial charge in [-0.25, -0.2) is 0 Å². The summed E-state index contributed by atoms with van der Waals surface area (Å²) in [6, 6.07) is -0.846. The lowest BCUT2D eigenvalue weighted by atomic mass is 9.97. The molecular formula is C14H26N2O3. The van der Waals surface area contributed by atoms with Gasteiger partial charge in [0.1, 0.15) is 12.1 Å². The van der Waals surface area contributed by atoms with Crippen LogP contribution in [0.2, 0.25) is 0 Å². The molecule has 1 aliphatic rings. The average Bonchev–Trinajstić information content (AvgIpc) is 2.31. The largest absolute Gasteiger partial charge is 0.377 e. The van der Waals surface area contributed by atoms with Crippen molar-refractivity contribution in [2.75, 3.05) is 13.7 Å². The summed E-state index contributed by atoms with van der Waals surface area (Å²) in [5, 5.41) is 2.81. The van der Waals surface area contributed by atoms with Crippen molar-refractivity contribution in [2.45, 2.75) is 58.7 Å². The minimum atomic E-state index is -0.454. The molecule has 1 fully saturated rings. The first-order valence-corrected chi connectivity index (χ1v) is 6.84. The molecule has 0 bridgehead atoms. The van der Waals surface area contributed by atoms with Crippen LogP contribution in [0.3, 0.4) is 0 Å². The molecule has 5 heteroatoms. The van der Waals surface area contributed by atoms with E-state index in [9.17, 15) is 9.59 Å². The van der Waals surface area contributed by atoms with Gasteiger partial charge in [0.25, 0.3) is 0 Å². The van der Waals surface area contributed by atoms with Crippen molar-refractivity contribution in [3.05, 3.63) is 0 Å². The van der Waals surface area contributed by atoms with Crippen LogP contribution >= 0.6 is 0 Å². The molecule has 0 aromatic rings. The first-order valence-electron chi connectivity index (χ1n) is 6.84. The lowest BCUT2D eigenvalue weighted by Gasteiger charge is -2.41. The lowest BCUT2D eigenvalue weighted by molar-refractivity contribution is -0.152. The second-order valence-corrected chi connectivity index (χ2v) is 6.30. The molecule has 19 heavy (non-hydrogen) atoms. The van der Waals surface area contributed by atoms with Crippen molar-refractivity contribution in [3.8, 4) is 0 Å². The van der Waals surface area contributed by atoms with E-state index >= 15 is 0 Å². The number of nitrogens with one attached hydrogen (secondary N) is 1. The average molecular weight is 270 g/mol. The highest BCUT2D eigenvalue weighted by Crippen LogP contribution is 2.19. The Morgan fingerprint density at radius 2 is 1.95 bits per heavy atom. The van der Waals surface area contributed by atoms with Gasteiger partial charge in [0.2, 0.25) is 11.8 Å². The maximum Gasteiger partial charge on any atom is 0.245 e. The van der Waals surface area contributed by atoms with E-state index in [1.807, 2.05) is 27.7 Å². The second-order valence-electron chi connectivity index (χ2n) is 6.30. The van der Waals surface area contributed by atoms with Gasteiger partial charge < -0.3 is 15.0 Å². The molecule has 110 valence electrons. The van der Waals surface area contributed by atoms with Crippen molar-refractivity contribution >= 4 is 11.8 Å². The van der Waals surface area contributed by atoms with Crippen molar-refractivity contribution in [1.29, 1.82) is 0 Å². The van der Waals surface area contributed by atoms with E-state index in [4.69, 9.17) is 4.74 Å². The highest BCUT2D eigenvalue weighted by atomic mass is 16.5. The zero-order chi connectivity index (χ0) is 14.8. The fourth-order valence-corrected chi connectivity index (χ4v) is 2.21. The highest BCUT2D eigenvalue weighted by molar-refractivity contribution is 5.96. The molecular weight excluding hydrogens is 244 g/mol. The minimum Gasteiger partial charge on any atom is -0.377 e. The van der Waals surface area contributed by atoms with Crippen LogP contribution < -0.4 is 5.32 Å². The number of piperazine rings is 1. The standard InChI is InChI=1S/C14H26N2O3/c1-9(2)7-11-13(18)16(8-14(4,5)19-6)10(3)12(17)15-11/h9-11H,7-8H2,1-6H3,(H,15,17). The number of methoxy groups -OCH3 is 1. The first kappa shape index (κ1) is 16.0. The summed E-state index contributed by atoms with van der Waals surface area (Å²) >= 11 is 0. The smallest absolute Gasteiger partial charge is 0.245 e. The fraction of sp³-hybridized carbons (Fsp3) is 0.857. The minimum absolute atomic E-state index is 0.00840. The summed E-state index contributed by atoms with van der Waals surface area (Å²) in [7, 11) is 1.62. The zero-order valence-corrected chi connectivity index (χ0v) is 12.8. The number of hydrogen-bond acceptors (Lipinski definition) is 3. The number of amides is 2. The van der Waals surface area contributed by atoms with Gasteiger partial charge in [0.15, 0.2) is 0 Å². The third-order valence-corrected chi connectivity index (χ3v) is 3.56. The molecule has 1 aliphatic heterocycles. The van der Waals surface area contributed by atoms with Gasteiger partial charge in [-0.3, -0.25) is 9.59 Å². The maximum atomic E-state index is 12.5. The van der Waals surface area contributed by atoms with E-state index in [2.05, 4.69) is 5.32 Å². The summed E-state index contributed by atoms with van der Waals surface area (Å²) in [6.45, 7) is 10.1. The third kappa shape index (κ3) is 3.93. The van der Waals surface area contributed by atoms with Crippen LogP contribution in [-0.4, -0.2) is 48.1 Å². The number of rotatable bonds is 5. The molecule has 2 atom stereocenters. The number of hydrogen-bond donors (Lipinski definition) is 1. The van der Waals surface area contributed by atoms with Gasteiger partial charge in [0.05, 0.1) is 5.60 Å². The van der Waals surface area contributed by atoms with Gasteiger partial charge in [-0.05, 0) is 33.1 Å². The molecule has 0 saturated carbocycles. The van der Waals surface area contributed by atoms with Crippen molar-refractivity contribution in [1.82, 2.24) is 10.2 Å². The first-order chi connectivity index (χ1) is 8.68. The monoisotopic (exact) mass is 270 g/mol. The predicted octanol–water partition coefficient (Wildman–Crippen LogP) is 1.17. The Morgan fingerprint density at radius 1 is 1.37 bits per heavy atom. The second kappa shape index (κ2) is 5.90. The van der Waals surface area contributed by atoms with E-state index in [0.717, 1.165) is 0 Å². The van der Waals surface area contributed by atoms with Crippen LogP contribution in [-0.2, 0) is 14.3 Å². The maximum absolute atomic E-state index is 12.5. The summed E-state index contributed by atoms with van der Waals surface area (Å²) in [5.74, 6) is 0.267. The quantitative estimate of drug-likeness (QED) is 0.816. The van der Waals surface area contributed by atoms with E-state index in [1.165, 1.54) is 0 Å². The molecule has 0 aliphatic carbocycles. The van der Waals surface area contributed by atoms with Crippen LogP contribution in [0.1, 0.15) is 41.0 Å². The molecule has 1 heterocycles. The molecule has 0 radical (unpaired) electrons.